The molecule has 0 saturated heterocycles. The SMILES string of the molecule is Cc1ccc(NC(=O)Cc2ccc(OC(F)(F)F)cc2)cc1NS(=O)(=O)c1ccccc1. The Morgan fingerprint density at radius 1 is 0.969 bits per heavy atom. The van der Waals surface area contributed by atoms with Crippen molar-refractivity contribution in [2.45, 2.75) is 24.6 Å². The summed E-state index contributed by atoms with van der Waals surface area (Å²) in [6.45, 7) is 1.72. The number of carbonyl (C=O) groups is 1. The standard InChI is InChI=1S/C22H19F3N2O4S/c1-15-7-10-17(14-20(15)27-32(29,30)19-5-3-2-4-6-19)26-21(28)13-16-8-11-18(12-9-16)31-22(23,24)25/h2-12,14,27H,13H2,1H3,(H,26,28). The van der Waals surface area contributed by atoms with Crippen LogP contribution in [0.15, 0.2) is 77.7 Å². The first-order valence-electron chi connectivity index (χ1n) is 9.35. The lowest BCUT2D eigenvalue weighted by Gasteiger charge is -2.13. The molecule has 0 radical (unpaired) electrons. The molecule has 0 spiro atoms. The van der Waals surface area contributed by atoms with Gasteiger partial charge in [-0.15, -0.1) is 13.2 Å². The Hall–Kier alpha value is -3.53. The van der Waals surface area contributed by atoms with Crippen molar-refractivity contribution in [1.29, 1.82) is 0 Å². The molecule has 3 aromatic rings. The largest absolute Gasteiger partial charge is 0.573 e. The number of benzene rings is 3. The molecule has 3 rings (SSSR count). The van der Waals surface area contributed by atoms with Gasteiger partial charge in [0.05, 0.1) is 17.0 Å². The highest BCUT2D eigenvalue weighted by Gasteiger charge is 2.31. The second-order valence-corrected chi connectivity index (χ2v) is 8.55. The molecule has 0 heterocycles. The van der Waals surface area contributed by atoms with E-state index < -0.39 is 22.3 Å². The summed E-state index contributed by atoms with van der Waals surface area (Å²) in [6.07, 6.45) is -4.88. The topological polar surface area (TPSA) is 84.5 Å². The molecule has 0 aliphatic rings. The Bertz CT molecular complexity index is 1200. The van der Waals surface area contributed by atoms with Crippen LogP contribution in [-0.2, 0) is 21.2 Å². The van der Waals surface area contributed by atoms with E-state index in [1.54, 1.807) is 37.3 Å². The van der Waals surface area contributed by atoms with Crippen LogP contribution in [0.2, 0.25) is 0 Å². The van der Waals surface area contributed by atoms with Crippen LogP contribution in [-0.4, -0.2) is 20.7 Å². The lowest BCUT2D eigenvalue weighted by Crippen LogP contribution is -2.17. The lowest BCUT2D eigenvalue weighted by atomic mass is 10.1. The zero-order chi connectivity index (χ0) is 23.4. The van der Waals surface area contributed by atoms with Crippen molar-refractivity contribution < 1.29 is 31.1 Å². The highest BCUT2D eigenvalue weighted by Crippen LogP contribution is 2.25. The van der Waals surface area contributed by atoms with Crippen molar-refractivity contribution in [3.05, 3.63) is 83.9 Å². The molecule has 0 unspecified atom stereocenters. The van der Waals surface area contributed by atoms with Crippen molar-refractivity contribution in [2.75, 3.05) is 10.0 Å². The number of rotatable bonds is 7. The van der Waals surface area contributed by atoms with E-state index in [9.17, 15) is 26.4 Å². The predicted molar refractivity (Wildman–Crippen MR) is 114 cm³/mol. The van der Waals surface area contributed by atoms with Crippen LogP contribution in [0.5, 0.6) is 5.75 Å². The quantitative estimate of drug-likeness (QED) is 0.522. The molecule has 0 bridgehead atoms. The minimum Gasteiger partial charge on any atom is -0.406 e. The maximum absolute atomic E-state index is 12.6. The smallest absolute Gasteiger partial charge is 0.406 e. The van der Waals surface area contributed by atoms with Crippen LogP contribution in [0.25, 0.3) is 0 Å². The van der Waals surface area contributed by atoms with Gasteiger partial charge in [0.2, 0.25) is 5.91 Å². The van der Waals surface area contributed by atoms with Crippen molar-refractivity contribution in [1.82, 2.24) is 0 Å². The number of nitrogens with one attached hydrogen (secondary N) is 2. The highest BCUT2D eigenvalue weighted by atomic mass is 32.2. The van der Waals surface area contributed by atoms with Crippen LogP contribution in [0.3, 0.4) is 0 Å². The summed E-state index contributed by atoms with van der Waals surface area (Å²) in [5, 5.41) is 2.65. The molecule has 1 amide bonds. The summed E-state index contributed by atoms with van der Waals surface area (Å²) in [5.74, 6) is -0.800. The first-order valence-corrected chi connectivity index (χ1v) is 10.8. The van der Waals surface area contributed by atoms with E-state index in [-0.39, 0.29) is 17.1 Å². The highest BCUT2D eigenvalue weighted by molar-refractivity contribution is 7.92. The number of anilines is 2. The number of hydrogen-bond acceptors (Lipinski definition) is 4. The van der Waals surface area contributed by atoms with Crippen LogP contribution in [0.1, 0.15) is 11.1 Å². The molecule has 0 aliphatic carbocycles. The number of halogens is 3. The van der Waals surface area contributed by atoms with Gasteiger partial charge in [0, 0.05) is 5.69 Å². The van der Waals surface area contributed by atoms with Gasteiger partial charge in [-0.1, -0.05) is 36.4 Å². The summed E-state index contributed by atoms with van der Waals surface area (Å²) >= 11 is 0. The number of hydrogen-bond donors (Lipinski definition) is 2. The molecule has 0 fully saturated rings. The molecular weight excluding hydrogens is 445 g/mol. The second-order valence-electron chi connectivity index (χ2n) is 6.86. The lowest BCUT2D eigenvalue weighted by molar-refractivity contribution is -0.274. The van der Waals surface area contributed by atoms with Crippen molar-refractivity contribution in [3.63, 3.8) is 0 Å². The minimum absolute atomic E-state index is 0.0920. The fraction of sp³-hybridized carbons (Fsp3) is 0.136. The number of ether oxygens (including phenoxy) is 1. The molecule has 2 N–H and O–H groups in total. The molecule has 168 valence electrons. The minimum atomic E-state index is -4.79. The summed E-state index contributed by atoms with van der Waals surface area (Å²) in [6, 6.07) is 17.6. The maximum Gasteiger partial charge on any atom is 0.573 e. The van der Waals surface area contributed by atoms with Crippen molar-refractivity contribution in [2.24, 2.45) is 0 Å². The van der Waals surface area contributed by atoms with Gasteiger partial charge in [-0.3, -0.25) is 9.52 Å². The van der Waals surface area contributed by atoms with E-state index in [0.29, 0.717) is 22.5 Å². The maximum atomic E-state index is 12.6. The number of aryl methyl sites for hydroxylation is 1. The first-order chi connectivity index (χ1) is 15.0. The van der Waals surface area contributed by atoms with E-state index in [2.05, 4.69) is 14.8 Å². The van der Waals surface area contributed by atoms with E-state index in [1.807, 2.05) is 0 Å². The van der Waals surface area contributed by atoms with Gasteiger partial charge in [-0.2, -0.15) is 0 Å². The summed E-state index contributed by atoms with van der Waals surface area (Å²) in [4.78, 5) is 12.4. The van der Waals surface area contributed by atoms with E-state index in [0.717, 1.165) is 12.1 Å². The predicted octanol–water partition coefficient (Wildman–Crippen LogP) is 4.88. The van der Waals surface area contributed by atoms with Gasteiger partial charge in [-0.05, 0) is 54.4 Å². The molecule has 0 saturated carbocycles. The molecule has 6 nitrogen and oxygen atoms in total. The molecule has 3 aromatic carbocycles. The number of amides is 1. The summed E-state index contributed by atoms with van der Waals surface area (Å²) in [7, 11) is -3.80. The Balaban J connectivity index is 1.67. The molecule has 0 aromatic heterocycles. The number of alkyl halides is 3. The van der Waals surface area contributed by atoms with Crippen molar-refractivity contribution >= 4 is 27.3 Å². The van der Waals surface area contributed by atoms with Gasteiger partial charge in [0.1, 0.15) is 5.75 Å². The number of sulfonamides is 1. The molecule has 0 aliphatic heterocycles. The number of carbonyl (C=O) groups excluding carboxylic acids is 1. The third-order valence-electron chi connectivity index (χ3n) is 4.34. The average molecular weight is 464 g/mol. The molecule has 32 heavy (non-hydrogen) atoms. The molecule has 0 atom stereocenters. The Kier molecular flexibility index (Phi) is 6.73. The Morgan fingerprint density at radius 2 is 1.62 bits per heavy atom. The van der Waals surface area contributed by atoms with Gasteiger partial charge in [-0.25, -0.2) is 8.42 Å². The van der Waals surface area contributed by atoms with Gasteiger partial charge >= 0.3 is 6.36 Å². The third-order valence-corrected chi connectivity index (χ3v) is 5.72. The monoisotopic (exact) mass is 464 g/mol. The van der Waals surface area contributed by atoms with Crippen LogP contribution in [0.4, 0.5) is 24.5 Å². The Morgan fingerprint density at radius 3 is 2.25 bits per heavy atom. The van der Waals surface area contributed by atoms with Crippen molar-refractivity contribution in [3.8, 4) is 5.75 Å². The fourth-order valence-electron chi connectivity index (χ4n) is 2.81. The summed E-state index contributed by atoms with van der Waals surface area (Å²) < 4.78 is 68.1. The normalized spacial score (nSPS) is 11.6. The van der Waals surface area contributed by atoms with Crippen LogP contribution >= 0.6 is 0 Å². The van der Waals surface area contributed by atoms with Gasteiger partial charge in [0.15, 0.2) is 0 Å². The zero-order valence-electron chi connectivity index (χ0n) is 16.8. The second kappa shape index (κ2) is 9.31. The van der Waals surface area contributed by atoms with Gasteiger partial charge in [0.25, 0.3) is 10.0 Å². The van der Waals surface area contributed by atoms with Crippen LogP contribution in [0, 0.1) is 6.92 Å². The van der Waals surface area contributed by atoms with E-state index >= 15 is 0 Å². The van der Waals surface area contributed by atoms with E-state index in [4.69, 9.17) is 0 Å². The first kappa shape index (κ1) is 23.1. The van der Waals surface area contributed by atoms with E-state index in [1.165, 1.54) is 30.3 Å². The van der Waals surface area contributed by atoms with Gasteiger partial charge < -0.3 is 10.1 Å². The average Bonchev–Trinajstić information content (AvgIpc) is 2.71. The summed E-state index contributed by atoms with van der Waals surface area (Å²) in [5.41, 5.74) is 1.81. The Labute approximate surface area is 183 Å². The molecule has 10 heteroatoms. The third kappa shape index (κ3) is 6.48. The van der Waals surface area contributed by atoms with Crippen LogP contribution < -0.4 is 14.8 Å². The molecular formula is C22H19F3N2O4S. The zero-order valence-corrected chi connectivity index (χ0v) is 17.6. The fourth-order valence-corrected chi connectivity index (χ4v) is 3.96.